The van der Waals surface area contributed by atoms with Crippen LogP contribution in [0.4, 0.5) is 0 Å². The second kappa shape index (κ2) is 4.10. The number of H-pyrrole nitrogens is 1. The van der Waals surface area contributed by atoms with E-state index in [0.717, 1.165) is 25.0 Å². The van der Waals surface area contributed by atoms with Crippen LogP contribution in [-0.4, -0.2) is 4.98 Å². The molecule has 0 spiro atoms. The molecule has 0 fully saturated rings. The molecule has 12 heavy (non-hydrogen) atoms. The SMILES string of the molecule is CCCc1[nH]c(=O)ccc1CC. The molecule has 0 atom stereocenters. The maximum atomic E-state index is 11.0. The molecule has 0 saturated carbocycles. The Kier molecular flexibility index (Phi) is 3.09. The minimum absolute atomic E-state index is 0.00986. The number of nitrogens with one attached hydrogen (secondary N) is 1. The molecule has 1 aromatic rings. The fourth-order valence-corrected chi connectivity index (χ4v) is 1.35. The molecule has 0 aromatic carbocycles. The molecule has 2 heteroatoms. The highest BCUT2D eigenvalue weighted by atomic mass is 16.1. The standard InChI is InChI=1S/C10H15NO/c1-3-5-9-8(4-2)6-7-10(12)11-9/h6-7H,3-5H2,1-2H3,(H,11,12). The van der Waals surface area contributed by atoms with Crippen LogP contribution in [0.1, 0.15) is 31.5 Å². The summed E-state index contributed by atoms with van der Waals surface area (Å²) in [7, 11) is 0. The van der Waals surface area contributed by atoms with Crippen LogP contribution in [0.2, 0.25) is 0 Å². The Hall–Kier alpha value is -1.05. The van der Waals surface area contributed by atoms with Crippen molar-refractivity contribution in [2.45, 2.75) is 33.1 Å². The number of hydrogen-bond acceptors (Lipinski definition) is 1. The predicted octanol–water partition coefficient (Wildman–Crippen LogP) is 1.89. The molecule has 0 unspecified atom stereocenters. The highest BCUT2D eigenvalue weighted by molar-refractivity contribution is 5.19. The zero-order valence-electron chi connectivity index (χ0n) is 7.68. The maximum Gasteiger partial charge on any atom is 0.248 e. The van der Waals surface area contributed by atoms with Gasteiger partial charge in [-0.3, -0.25) is 4.79 Å². The maximum absolute atomic E-state index is 11.0. The Bertz CT molecular complexity index is 301. The summed E-state index contributed by atoms with van der Waals surface area (Å²) in [5.41, 5.74) is 2.37. The summed E-state index contributed by atoms with van der Waals surface area (Å²) in [6.45, 7) is 4.22. The smallest absolute Gasteiger partial charge is 0.248 e. The van der Waals surface area contributed by atoms with Crippen molar-refractivity contribution in [3.8, 4) is 0 Å². The van der Waals surface area contributed by atoms with E-state index in [0.29, 0.717) is 0 Å². The lowest BCUT2D eigenvalue weighted by Crippen LogP contribution is -2.09. The van der Waals surface area contributed by atoms with Crippen LogP contribution < -0.4 is 5.56 Å². The molecule has 0 radical (unpaired) electrons. The third-order valence-electron chi connectivity index (χ3n) is 1.98. The van der Waals surface area contributed by atoms with Crippen LogP contribution >= 0.6 is 0 Å². The van der Waals surface area contributed by atoms with Gasteiger partial charge in [0.2, 0.25) is 5.56 Å². The Morgan fingerprint density at radius 2 is 2.08 bits per heavy atom. The molecule has 1 N–H and O–H groups in total. The van der Waals surface area contributed by atoms with Crippen molar-refractivity contribution in [2.24, 2.45) is 0 Å². The second-order valence-electron chi connectivity index (χ2n) is 2.93. The largest absolute Gasteiger partial charge is 0.326 e. The van der Waals surface area contributed by atoms with E-state index in [1.54, 1.807) is 6.07 Å². The molecule has 0 aliphatic rings. The van der Waals surface area contributed by atoms with Crippen molar-refractivity contribution in [1.29, 1.82) is 0 Å². The molecule has 1 rings (SSSR count). The Balaban J connectivity index is 3.03. The summed E-state index contributed by atoms with van der Waals surface area (Å²) in [5, 5.41) is 0. The van der Waals surface area contributed by atoms with Crippen molar-refractivity contribution in [3.05, 3.63) is 33.7 Å². The molecule has 0 aliphatic carbocycles. The number of hydrogen-bond donors (Lipinski definition) is 1. The zero-order chi connectivity index (χ0) is 8.97. The molecule has 0 aliphatic heterocycles. The van der Waals surface area contributed by atoms with E-state index in [9.17, 15) is 4.79 Å². The summed E-state index contributed by atoms with van der Waals surface area (Å²) in [4.78, 5) is 13.8. The average molecular weight is 165 g/mol. The van der Waals surface area contributed by atoms with Crippen molar-refractivity contribution >= 4 is 0 Å². The van der Waals surface area contributed by atoms with Crippen LogP contribution in [0.15, 0.2) is 16.9 Å². The quantitative estimate of drug-likeness (QED) is 0.729. The summed E-state index contributed by atoms with van der Waals surface area (Å²) in [5.74, 6) is 0. The summed E-state index contributed by atoms with van der Waals surface area (Å²) in [6.07, 6.45) is 3.04. The van der Waals surface area contributed by atoms with Crippen molar-refractivity contribution in [1.82, 2.24) is 4.98 Å². The van der Waals surface area contributed by atoms with E-state index in [1.807, 2.05) is 6.07 Å². The Morgan fingerprint density at radius 3 is 2.67 bits per heavy atom. The first-order valence-electron chi connectivity index (χ1n) is 4.49. The first kappa shape index (κ1) is 9.04. The van der Waals surface area contributed by atoms with Gasteiger partial charge in [0.25, 0.3) is 0 Å². The minimum atomic E-state index is 0.00986. The van der Waals surface area contributed by atoms with Crippen LogP contribution in [0, 0.1) is 0 Å². The number of aromatic nitrogens is 1. The monoisotopic (exact) mass is 165 g/mol. The molecule has 66 valence electrons. The fourth-order valence-electron chi connectivity index (χ4n) is 1.35. The highest BCUT2D eigenvalue weighted by Crippen LogP contribution is 2.06. The average Bonchev–Trinajstić information content (AvgIpc) is 2.05. The van der Waals surface area contributed by atoms with E-state index in [-0.39, 0.29) is 5.56 Å². The lowest BCUT2D eigenvalue weighted by atomic mass is 10.1. The number of rotatable bonds is 3. The molecule has 0 bridgehead atoms. The van der Waals surface area contributed by atoms with Gasteiger partial charge in [0, 0.05) is 11.8 Å². The van der Waals surface area contributed by atoms with Gasteiger partial charge >= 0.3 is 0 Å². The molecular weight excluding hydrogens is 150 g/mol. The van der Waals surface area contributed by atoms with Gasteiger partial charge in [-0.05, 0) is 18.4 Å². The summed E-state index contributed by atoms with van der Waals surface area (Å²) < 4.78 is 0. The van der Waals surface area contributed by atoms with E-state index in [1.165, 1.54) is 5.56 Å². The Morgan fingerprint density at radius 1 is 1.33 bits per heavy atom. The summed E-state index contributed by atoms with van der Waals surface area (Å²) in [6, 6.07) is 3.52. The van der Waals surface area contributed by atoms with Gasteiger partial charge in [-0.1, -0.05) is 26.3 Å². The van der Waals surface area contributed by atoms with Gasteiger partial charge in [0.15, 0.2) is 0 Å². The topological polar surface area (TPSA) is 32.9 Å². The zero-order valence-corrected chi connectivity index (χ0v) is 7.68. The van der Waals surface area contributed by atoms with Crippen molar-refractivity contribution in [2.75, 3.05) is 0 Å². The van der Waals surface area contributed by atoms with Gasteiger partial charge in [-0.15, -0.1) is 0 Å². The number of aromatic amines is 1. The fraction of sp³-hybridized carbons (Fsp3) is 0.500. The molecule has 0 saturated heterocycles. The van der Waals surface area contributed by atoms with Gasteiger partial charge in [0.1, 0.15) is 0 Å². The van der Waals surface area contributed by atoms with Gasteiger partial charge in [-0.2, -0.15) is 0 Å². The van der Waals surface area contributed by atoms with Gasteiger partial charge in [-0.25, -0.2) is 0 Å². The predicted molar refractivity (Wildman–Crippen MR) is 50.4 cm³/mol. The van der Waals surface area contributed by atoms with Crippen molar-refractivity contribution in [3.63, 3.8) is 0 Å². The van der Waals surface area contributed by atoms with Crippen LogP contribution in [0.5, 0.6) is 0 Å². The third kappa shape index (κ3) is 1.97. The van der Waals surface area contributed by atoms with E-state index < -0.39 is 0 Å². The Labute approximate surface area is 72.6 Å². The first-order chi connectivity index (χ1) is 5.77. The number of pyridine rings is 1. The highest BCUT2D eigenvalue weighted by Gasteiger charge is 1.99. The van der Waals surface area contributed by atoms with Gasteiger partial charge in [0.05, 0.1) is 0 Å². The van der Waals surface area contributed by atoms with Crippen molar-refractivity contribution < 1.29 is 0 Å². The van der Waals surface area contributed by atoms with Gasteiger partial charge < -0.3 is 4.98 Å². The molecule has 1 aromatic heterocycles. The van der Waals surface area contributed by atoms with Crippen LogP contribution in [0.25, 0.3) is 0 Å². The summed E-state index contributed by atoms with van der Waals surface area (Å²) >= 11 is 0. The normalized spacial score (nSPS) is 10.2. The molecule has 1 heterocycles. The van der Waals surface area contributed by atoms with Crippen LogP contribution in [0.3, 0.4) is 0 Å². The van der Waals surface area contributed by atoms with E-state index in [2.05, 4.69) is 18.8 Å². The molecular formula is C10H15NO. The van der Waals surface area contributed by atoms with E-state index in [4.69, 9.17) is 0 Å². The van der Waals surface area contributed by atoms with Crippen LogP contribution in [-0.2, 0) is 12.8 Å². The lowest BCUT2D eigenvalue weighted by molar-refractivity contribution is 0.849. The number of aryl methyl sites for hydroxylation is 2. The minimum Gasteiger partial charge on any atom is -0.326 e. The molecule has 2 nitrogen and oxygen atoms in total. The van der Waals surface area contributed by atoms with E-state index >= 15 is 0 Å². The molecule has 0 amide bonds. The third-order valence-corrected chi connectivity index (χ3v) is 1.98. The first-order valence-corrected chi connectivity index (χ1v) is 4.49. The second-order valence-corrected chi connectivity index (χ2v) is 2.93. The lowest BCUT2D eigenvalue weighted by Gasteiger charge is -2.04.